The van der Waals surface area contributed by atoms with E-state index < -0.39 is 0 Å². The van der Waals surface area contributed by atoms with Crippen molar-refractivity contribution >= 4 is 16.8 Å². The standard InChI is InChI=1S/C8H8ClN3/c9-8-6-1-5(2-10)3-11-7(6)4-12-8/h1,3H,2,4,10H2. The molecular formula is C8H8ClN3. The molecule has 1 aliphatic heterocycles. The molecule has 0 atom stereocenters. The van der Waals surface area contributed by atoms with E-state index in [4.69, 9.17) is 17.3 Å². The highest BCUT2D eigenvalue weighted by atomic mass is 35.5. The summed E-state index contributed by atoms with van der Waals surface area (Å²) >= 11 is 5.84. The van der Waals surface area contributed by atoms with Gasteiger partial charge in [0.05, 0.1) is 12.2 Å². The molecule has 2 rings (SSSR count). The highest BCUT2D eigenvalue weighted by Crippen LogP contribution is 2.19. The maximum Gasteiger partial charge on any atom is 0.133 e. The smallest absolute Gasteiger partial charge is 0.133 e. The summed E-state index contributed by atoms with van der Waals surface area (Å²) in [5, 5.41) is 0.549. The van der Waals surface area contributed by atoms with Crippen LogP contribution in [-0.4, -0.2) is 10.2 Å². The quantitative estimate of drug-likeness (QED) is 0.704. The molecule has 0 aromatic carbocycles. The van der Waals surface area contributed by atoms with Crippen molar-refractivity contribution in [3.8, 4) is 0 Å². The molecule has 3 nitrogen and oxygen atoms in total. The van der Waals surface area contributed by atoms with Crippen LogP contribution in [0, 0.1) is 0 Å². The molecule has 0 fully saturated rings. The van der Waals surface area contributed by atoms with Crippen molar-refractivity contribution in [2.75, 3.05) is 0 Å². The zero-order valence-corrected chi connectivity index (χ0v) is 7.17. The lowest BCUT2D eigenvalue weighted by molar-refractivity contribution is 0.986. The van der Waals surface area contributed by atoms with E-state index >= 15 is 0 Å². The number of aliphatic imine (C=N–C) groups is 1. The predicted molar refractivity (Wildman–Crippen MR) is 48.2 cm³/mol. The van der Waals surface area contributed by atoms with Gasteiger partial charge in [-0.3, -0.25) is 9.98 Å². The number of nitrogens with two attached hydrogens (primary N) is 1. The maximum absolute atomic E-state index is 5.84. The SMILES string of the molecule is NCc1cnc2c(c1)C(Cl)=NC2. The Balaban J connectivity index is 2.50. The van der Waals surface area contributed by atoms with Gasteiger partial charge in [-0.25, -0.2) is 0 Å². The molecule has 4 heteroatoms. The molecule has 2 heterocycles. The summed E-state index contributed by atoms with van der Waals surface area (Å²) in [6, 6.07) is 1.95. The van der Waals surface area contributed by atoms with Gasteiger partial charge in [0.15, 0.2) is 0 Å². The fraction of sp³-hybridized carbons (Fsp3) is 0.250. The van der Waals surface area contributed by atoms with E-state index in [-0.39, 0.29) is 0 Å². The van der Waals surface area contributed by atoms with Crippen LogP contribution in [0.2, 0.25) is 0 Å². The fourth-order valence-electron chi connectivity index (χ4n) is 1.18. The minimum atomic E-state index is 0.491. The van der Waals surface area contributed by atoms with Crippen molar-refractivity contribution in [3.63, 3.8) is 0 Å². The summed E-state index contributed by atoms with van der Waals surface area (Å²) in [4.78, 5) is 8.26. The average Bonchev–Trinajstić information content (AvgIpc) is 2.47. The summed E-state index contributed by atoms with van der Waals surface area (Å²) < 4.78 is 0. The van der Waals surface area contributed by atoms with Gasteiger partial charge < -0.3 is 5.73 Å². The first-order chi connectivity index (χ1) is 5.81. The Morgan fingerprint density at radius 1 is 1.58 bits per heavy atom. The summed E-state index contributed by atoms with van der Waals surface area (Å²) in [6.45, 7) is 1.09. The molecule has 0 spiro atoms. The third-order valence-electron chi connectivity index (χ3n) is 1.85. The van der Waals surface area contributed by atoms with Crippen LogP contribution in [0.25, 0.3) is 0 Å². The van der Waals surface area contributed by atoms with E-state index in [0.717, 1.165) is 16.8 Å². The van der Waals surface area contributed by atoms with Crippen molar-refractivity contribution in [1.29, 1.82) is 0 Å². The van der Waals surface area contributed by atoms with Gasteiger partial charge in [0, 0.05) is 18.3 Å². The Morgan fingerprint density at radius 3 is 3.17 bits per heavy atom. The monoisotopic (exact) mass is 181 g/mol. The Kier molecular flexibility index (Phi) is 1.83. The molecule has 0 bridgehead atoms. The van der Waals surface area contributed by atoms with E-state index in [1.807, 2.05) is 6.07 Å². The maximum atomic E-state index is 5.84. The third-order valence-corrected chi connectivity index (χ3v) is 2.18. The van der Waals surface area contributed by atoms with Gasteiger partial charge in [-0.2, -0.15) is 0 Å². The van der Waals surface area contributed by atoms with E-state index in [1.165, 1.54) is 0 Å². The van der Waals surface area contributed by atoms with Gasteiger partial charge in [-0.15, -0.1) is 0 Å². The third kappa shape index (κ3) is 1.11. The van der Waals surface area contributed by atoms with Crippen LogP contribution in [0.5, 0.6) is 0 Å². The lowest BCUT2D eigenvalue weighted by Crippen LogP contribution is -2.01. The van der Waals surface area contributed by atoms with Crippen molar-refractivity contribution < 1.29 is 0 Å². The van der Waals surface area contributed by atoms with Gasteiger partial charge in [0.25, 0.3) is 0 Å². The topological polar surface area (TPSA) is 51.3 Å². The van der Waals surface area contributed by atoms with Gasteiger partial charge in [-0.05, 0) is 11.6 Å². The fourth-order valence-corrected chi connectivity index (χ4v) is 1.41. The average molecular weight is 182 g/mol. The molecular weight excluding hydrogens is 174 g/mol. The molecule has 0 unspecified atom stereocenters. The van der Waals surface area contributed by atoms with Crippen LogP contribution >= 0.6 is 11.6 Å². The summed E-state index contributed by atoms with van der Waals surface area (Å²) in [7, 11) is 0. The number of nitrogens with zero attached hydrogens (tertiary/aromatic N) is 2. The largest absolute Gasteiger partial charge is 0.326 e. The number of pyridine rings is 1. The molecule has 0 amide bonds. The first-order valence-electron chi connectivity index (χ1n) is 3.69. The van der Waals surface area contributed by atoms with Crippen LogP contribution in [0.1, 0.15) is 16.8 Å². The van der Waals surface area contributed by atoms with E-state index in [0.29, 0.717) is 18.3 Å². The number of rotatable bonds is 1. The molecule has 2 N–H and O–H groups in total. The van der Waals surface area contributed by atoms with Crippen LogP contribution in [0.4, 0.5) is 0 Å². The summed E-state index contributed by atoms with van der Waals surface area (Å²) in [5.74, 6) is 0. The first-order valence-corrected chi connectivity index (χ1v) is 4.07. The molecule has 1 aromatic rings. The Bertz CT molecular complexity index is 346. The second-order valence-corrected chi connectivity index (χ2v) is 3.01. The van der Waals surface area contributed by atoms with Crippen molar-refractivity contribution in [2.45, 2.75) is 13.1 Å². The Morgan fingerprint density at radius 2 is 2.42 bits per heavy atom. The summed E-state index contributed by atoms with van der Waals surface area (Å²) in [6.07, 6.45) is 1.77. The van der Waals surface area contributed by atoms with Crippen molar-refractivity contribution in [1.82, 2.24) is 4.98 Å². The highest BCUT2D eigenvalue weighted by Gasteiger charge is 2.14. The van der Waals surface area contributed by atoms with Gasteiger partial charge >= 0.3 is 0 Å². The molecule has 1 aromatic heterocycles. The van der Waals surface area contributed by atoms with E-state index in [1.54, 1.807) is 6.20 Å². The molecule has 1 aliphatic rings. The minimum absolute atomic E-state index is 0.491. The first kappa shape index (κ1) is 7.71. The van der Waals surface area contributed by atoms with Gasteiger partial charge in [-0.1, -0.05) is 11.6 Å². The molecule has 0 radical (unpaired) electrons. The van der Waals surface area contributed by atoms with Crippen molar-refractivity contribution in [3.05, 3.63) is 29.1 Å². The van der Waals surface area contributed by atoms with Crippen molar-refractivity contribution in [2.24, 2.45) is 10.7 Å². The number of halogens is 1. The molecule has 0 saturated heterocycles. The van der Waals surface area contributed by atoms with Gasteiger partial charge in [0.1, 0.15) is 5.17 Å². The highest BCUT2D eigenvalue weighted by molar-refractivity contribution is 6.70. The Labute approximate surface area is 75.3 Å². The van der Waals surface area contributed by atoms with Crippen LogP contribution in [-0.2, 0) is 13.1 Å². The molecule has 12 heavy (non-hydrogen) atoms. The number of hydrogen-bond acceptors (Lipinski definition) is 3. The molecule has 0 aliphatic carbocycles. The van der Waals surface area contributed by atoms with Crippen LogP contribution in [0.3, 0.4) is 0 Å². The molecule has 0 saturated carbocycles. The predicted octanol–water partition coefficient (Wildman–Crippen LogP) is 1.04. The van der Waals surface area contributed by atoms with E-state index in [9.17, 15) is 0 Å². The number of fused-ring (bicyclic) bond motifs is 1. The molecule has 62 valence electrons. The lowest BCUT2D eigenvalue weighted by Gasteiger charge is -1.99. The van der Waals surface area contributed by atoms with Gasteiger partial charge in [0.2, 0.25) is 0 Å². The zero-order valence-electron chi connectivity index (χ0n) is 6.42. The minimum Gasteiger partial charge on any atom is -0.326 e. The van der Waals surface area contributed by atoms with Crippen LogP contribution < -0.4 is 5.73 Å². The lowest BCUT2D eigenvalue weighted by atomic mass is 10.2. The normalized spacial score (nSPS) is 14.3. The zero-order chi connectivity index (χ0) is 8.55. The second-order valence-electron chi connectivity index (χ2n) is 2.65. The second kappa shape index (κ2) is 2.84. The Hall–Kier alpha value is -0.930. The number of aromatic nitrogens is 1. The van der Waals surface area contributed by atoms with E-state index in [2.05, 4.69) is 9.98 Å². The van der Waals surface area contributed by atoms with Crippen LogP contribution in [0.15, 0.2) is 17.3 Å². The number of hydrogen-bond donors (Lipinski definition) is 1. The summed E-state index contributed by atoms with van der Waals surface area (Å²) in [5.41, 5.74) is 8.33.